The van der Waals surface area contributed by atoms with Gasteiger partial charge in [0, 0.05) is 42.7 Å². The lowest BCUT2D eigenvalue weighted by Crippen LogP contribution is -2.34. The van der Waals surface area contributed by atoms with E-state index in [0.717, 1.165) is 4.57 Å². The fourth-order valence-corrected chi connectivity index (χ4v) is 2.27. The molecule has 2 rings (SSSR count). The number of hydrogen-bond acceptors (Lipinski definition) is 3. The van der Waals surface area contributed by atoms with Gasteiger partial charge in [-0.15, -0.1) is 0 Å². The van der Waals surface area contributed by atoms with Crippen LogP contribution in [0.1, 0.15) is 36.6 Å². The number of carbonyl (C=O) groups is 2. The Bertz CT molecular complexity index is 761. The summed E-state index contributed by atoms with van der Waals surface area (Å²) in [4.78, 5) is 27.7. The van der Waals surface area contributed by atoms with Crippen LogP contribution in [0.2, 0.25) is 0 Å². The second-order valence-corrected chi connectivity index (χ2v) is 5.87. The van der Waals surface area contributed by atoms with Gasteiger partial charge in [0.05, 0.1) is 0 Å². The zero-order valence-electron chi connectivity index (χ0n) is 14.5. The molecule has 0 spiro atoms. The zero-order chi connectivity index (χ0) is 19.1. The Morgan fingerprint density at radius 1 is 1.27 bits per heavy atom. The molecule has 2 aromatic rings. The van der Waals surface area contributed by atoms with Crippen molar-refractivity contribution in [1.29, 1.82) is 0 Å². The van der Waals surface area contributed by atoms with Crippen molar-refractivity contribution >= 4 is 17.6 Å². The van der Waals surface area contributed by atoms with Gasteiger partial charge in [-0.25, -0.2) is 9.78 Å². The molecule has 3 N–H and O–H groups in total. The number of halogens is 2. The fourth-order valence-electron chi connectivity index (χ4n) is 2.27. The molecular weight excluding hydrogens is 344 g/mol. The minimum Gasteiger partial charge on any atom is -0.352 e. The van der Waals surface area contributed by atoms with E-state index in [1.807, 2.05) is 13.8 Å². The summed E-state index contributed by atoms with van der Waals surface area (Å²) in [6.45, 7) is 1.17. The molecule has 0 aliphatic heterocycles. The van der Waals surface area contributed by atoms with E-state index in [2.05, 4.69) is 20.9 Å². The van der Waals surface area contributed by atoms with Crippen LogP contribution in [-0.2, 0) is 6.42 Å². The third-order valence-electron chi connectivity index (χ3n) is 3.40. The SMILES string of the molecule is CC(C)NC(=O)Nc1cccc(C(=O)NCCc2nccn2C(F)F)c1. The molecule has 1 aromatic carbocycles. The molecule has 9 heteroatoms. The first-order valence-corrected chi connectivity index (χ1v) is 8.12. The number of nitrogens with zero attached hydrogens (tertiary/aromatic N) is 2. The zero-order valence-corrected chi connectivity index (χ0v) is 14.5. The Balaban J connectivity index is 1.90. The molecule has 0 saturated carbocycles. The summed E-state index contributed by atoms with van der Waals surface area (Å²) in [5, 5.41) is 7.97. The summed E-state index contributed by atoms with van der Waals surface area (Å²) < 4.78 is 26.2. The van der Waals surface area contributed by atoms with Gasteiger partial charge in [-0.05, 0) is 32.0 Å². The highest BCUT2D eigenvalue weighted by atomic mass is 19.3. The number of imidazole rings is 1. The van der Waals surface area contributed by atoms with Gasteiger partial charge in [-0.1, -0.05) is 6.07 Å². The number of hydrogen-bond donors (Lipinski definition) is 3. The number of benzene rings is 1. The van der Waals surface area contributed by atoms with Crippen molar-refractivity contribution in [3.63, 3.8) is 0 Å². The normalized spacial score (nSPS) is 10.8. The predicted molar refractivity (Wildman–Crippen MR) is 93.2 cm³/mol. The fraction of sp³-hybridized carbons (Fsp3) is 0.353. The Labute approximate surface area is 149 Å². The second-order valence-electron chi connectivity index (χ2n) is 5.87. The Hall–Kier alpha value is -2.97. The number of nitrogens with one attached hydrogen (secondary N) is 3. The molecule has 0 atom stereocenters. The van der Waals surface area contributed by atoms with Crippen molar-refractivity contribution in [3.05, 3.63) is 48.0 Å². The van der Waals surface area contributed by atoms with Crippen LogP contribution in [-0.4, -0.2) is 34.1 Å². The third kappa shape index (κ3) is 5.54. The van der Waals surface area contributed by atoms with Crippen molar-refractivity contribution in [2.45, 2.75) is 32.9 Å². The molecule has 0 saturated heterocycles. The quantitative estimate of drug-likeness (QED) is 0.705. The standard InChI is InChI=1S/C17H21F2N5O2/c1-11(2)22-17(26)23-13-5-3-4-12(10-13)15(25)21-7-6-14-20-8-9-24(14)16(18)19/h3-5,8-11,16H,6-7H2,1-2H3,(H,21,25)(H2,22,23,26). The number of anilines is 1. The minimum atomic E-state index is -2.66. The number of carbonyl (C=O) groups excluding carboxylic acids is 2. The first-order chi connectivity index (χ1) is 12.4. The lowest BCUT2D eigenvalue weighted by molar-refractivity contribution is 0.0670. The molecule has 0 aliphatic rings. The summed E-state index contributed by atoms with van der Waals surface area (Å²) in [6, 6.07) is 6.06. The van der Waals surface area contributed by atoms with Gasteiger partial charge >= 0.3 is 12.6 Å². The van der Waals surface area contributed by atoms with E-state index in [0.29, 0.717) is 11.3 Å². The average molecular weight is 365 g/mol. The van der Waals surface area contributed by atoms with E-state index in [9.17, 15) is 18.4 Å². The van der Waals surface area contributed by atoms with E-state index in [4.69, 9.17) is 0 Å². The highest BCUT2D eigenvalue weighted by Gasteiger charge is 2.12. The van der Waals surface area contributed by atoms with Crippen LogP contribution in [0.25, 0.3) is 0 Å². The van der Waals surface area contributed by atoms with Crippen LogP contribution in [0, 0.1) is 0 Å². The van der Waals surface area contributed by atoms with Crippen LogP contribution < -0.4 is 16.0 Å². The van der Waals surface area contributed by atoms with Crippen molar-refractivity contribution < 1.29 is 18.4 Å². The molecule has 0 bridgehead atoms. The molecule has 0 unspecified atom stereocenters. The van der Waals surface area contributed by atoms with E-state index in [1.54, 1.807) is 18.2 Å². The van der Waals surface area contributed by atoms with Gasteiger partial charge < -0.3 is 16.0 Å². The highest BCUT2D eigenvalue weighted by molar-refractivity contribution is 5.96. The molecule has 1 aromatic heterocycles. The van der Waals surface area contributed by atoms with Crippen molar-refractivity contribution in [2.75, 3.05) is 11.9 Å². The molecule has 0 fully saturated rings. The number of alkyl halides is 2. The van der Waals surface area contributed by atoms with E-state index in [-0.39, 0.29) is 36.8 Å². The first-order valence-electron chi connectivity index (χ1n) is 8.12. The number of aromatic nitrogens is 2. The van der Waals surface area contributed by atoms with E-state index >= 15 is 0 Å². The van der Waals surface area contributed by atoms with Gasteiger partial charge in [0.15, 0.2) is 0 Å². The van der Waals surface area contributed by atoms with E-state index in [1.165, 1.54) is 18.5 Å². The maximum Gasteiger partial charge on any atom is 0.319 e. The Kier molecular flexibility index (Phi) is 6.65. The molecule has 1 heterocycles. The van der Waals surface area contributed by atoms with Gasteiger partial charge in [-0.3, -0.25) is 9.36 Å². The number of rotatable bonds is 7. The Morgan fingerprint density at radius 3 is 2.73 bits per heavy atom. The smallest absolute Gasteiger partial charge is 0.319 e. The lowest BCUT2D eigenvalue weighted by atomic mass is 10.2. The molecule has 140 valence electrons. The molecule has 0 aliphatic carbocycles. The summed E-state index contributed by atoms with van der Waals surface area (Å²) in [5.74, 6) is -0.172. The van der Waals surface area contributed by atoms with Crippen molar-refractivity contribution in [2.24, 2.45) is 0 Å². The number of amides is 3. The van der Waals surface area contributed by atoms with Crippen LogP contribution in [0.4, 0.5) is 19.3 Å². The Morgan fingerprint density at radius 2 is 2.04 bits per heavy atom. The third-order valence-corrected chi connectivity index (χ3v) is 3.40. The largest absolute Gasteiger partial charge is 0.352 e. The number of urea groups is 1. The molecule has 7 nitrogen and oxygen atoms in total. The molecular formula is C17H21F2N5O2. The minimum absolute atomic E-state index is 0.0118. The monoisotopic (exact) mass is 365 g/mol. The maximum absolute atomic E-state index is 12.7. The summed E-state index contributed by atoms with van der Waals surface area (Å²) in [7, 11) is 0. The molecule has 3 amide bonds. The van der Waals surface area contributed by atoms with Crippen LogP contribution in [0.5, 0.6) is 0 Å². The summed E-state index contributed by atoms with van der Waals surface area (Å²) in [6.07, 6.45) is 2.66. The van der Waals surface area contributed by atoms with Crippen LogP contribution >= 0.6 is 0 Å². The van der Waals surface area contributed by atoms with Gasteiger partial charge in [0.2, 0.25) is 0 Å². The lowest BCUT2D eigenvalue weighted by Gasteiger charge is -2.11. The van der Waals surface area contributed by atoms with Gasteiger partial charge in [0.25, 0.3) is 5.91 Å². The average Bonchev–Trinajstić information content (AvgIpc) is 3.03. The van der Waals surface area contributed by atoms with Gasteiger partial charge in [-0.2, -0.15) is 8.78 Å². The van der Waals surface area contributed by atoms with Crippen LogP contribution in [0.15, 0.2) is 36.7 Å². The topological polar surface area (TPSA) is 88.1 Å². The maximum atomic E-state index is 12.7. The van der Waals surface area contributed by atoms with Crippen LogP contribution in [0.3, 0.4) is 0 Å². The predicted octanol–water partition coefficient (Wildman–Crippen LogP) is 2.78. The second kappa shape index (κ2) is 8.93. The van der Waals surface area contributed by atoms with Crippen molar-refractivity contribution in [1.82, 2.24) is 20.2 Å². The van der Waals surface area contributed by atoms with E-state index < -0.39 is 6.55 Å². The van der Waals surface area contributed by atoms with Crippen molar-refractivity contribution in [3.8, 4) is 0 Å². The first kappa shape index (κ1) is 19.4. The highest BCUT2D eigenvalue weighted by Crippen LogP contribution is 2.13. The molecule has 26 heavy (non-hydrogen) atoms. The summed E-state index contributed by atoms with van der Waals surface area (Å²) in [5.41, 5.74) is 0.827. The van der Waals surface area contributed by atoms with Gasteiger partial charge in [0.1, 0.15) is 5.82 Å². The summed E-state index contributed by atoms with van der Waals surface area (Å²) >= 11 is 0. The molecule has 0 radical (unpaired) electrons.